The van der Waals surface area contributed by atoms with Crippen LogP contribution in [0.2, 0.25) is 0 Å². The Bertz CT molecular complexity index is 979. The zero-order valence-corrected chi connectivity index (χ0v) is 16.8. The lowest BCUT2D eigenvalue weighted by Crippen LogP contribution is -1.96. The molecule has 0 heterocycles. The molecule has 0 bridgehead atoms. The number of fused-ring (bicyclic) bond motifs is 2. The fourth-order valence-electron chi connectivity index (χ4n) is 3.57. The lowest BCUT2D eigenvalue weighted by molar-refractivity contribution is 0.920. The van der Waals surface area contributed by atoms with Crippen molar-refractivity contribution in [3.05, 3.63) is 83.9 Å². The number of hydrogen-bond acceptors (Lipinski definition) is 2. The maximum atomic E-state index is 2.38. The second-order valence-corrected chi connectivity index (χ2v) is 8.22. The standard InChI is InChI=1S/C24H22S2/c1-25-23-15-19-9-5-3-7-17(19)13-21(23)11-12-22-14-18-8-4-6-10-20(18)16-24(22)26-2/h3-10,13-16H,11-12H2,1-2H3. The molecule has 0 unspecified atom stereocenters. The van der Waals surface area contributed by atoms with Crippen LogP contribution in [-0.4, -0.2) is 12.5 Å². The largest absolute Gasteiger partial charge is 0.129 e. The summed E-state index contributed by atoms with van der Waals surface area (Å²) in [5.41, 5.74) is 2.91. The van der Waals surface area contributed by atoms with Crippen LogP contribution in [-0.2, 0) is 12.8 Å². The molecule has 26 heavy (non-hydrogen) atoms. The summed E-state index contributed by atoms with van der Waals surface area (Å²) < 4.78 is 0. The molecular weight excluding hydrogens is 352 g/mol. The number of aryl methyl sites for hydroxylation is 2. The molecule has 0 saturated carbocycles. The van der Waals surface area contributed by atoms with Crippen molar-refractivity contribution in [1.82, 2.24) is 0 Å². The summed E-state index contributed by atoms with van der Waals surface area (Å²) in [5.74, 6) is 0. The predicted octanol–water partition coefficient (Wildman–Crippen LogP) is 7.22. The van der Waals surface area contributed by atoms with Crippen LogP contribution in [0.4, 0.5) is 0 Å². The normalized spacial score (nSPS) is 11.3. The summed E-state index contributed by atoms with van der Waals surface area (Å²) >= 11 is 3.71. The van der Waals surface area contributed by atoms with E-state index in [0.29, 0.717) is 0 Å². The van der Waals surface area contributed by atoms with E-state index >= 15 is 0 Å². The van der Waals surface area contributed by atoms with Gasteiger partial charge < -0.3 is 0 Å². The quantitative estimate of drug-likeness (QED) is 0.338. The first-order chi connectivity index (χ1) is 12.8. The van der Waals surface area contributed by atoms with Crippen molar-refractivity contribution >= 4 is 45.1 Å². The van der Waals surface area contributed by atoms with E-state index in [1.807, 2.05) is 23.5 Å². The second kappa shape index (κ2) is 7.77. The predicted molar refractivity (Wildman–Crippen MR) is 119 cm³/mol. The Morgan fingerprint density at radius 1 is 0.538 bits per heavy atom. The van der Waals surface area contributed by atoms with Crippen molar-refractivity contribution in [1.29, 1.82) is 0 Å². The molecular formula is C24H22S2. The highest BCUT2D eigenvalue weighted by molar-refractivity contribution is 7.98. The minimum absolute atomic E-state index is 1.08. The molecule has 0 N–H and O–H groups in total. The first-order valence-electron chi connectivity index (χ1n) is 8.90. The van der Waals surface area contributed by atoms with Crippen LogP contribution in [0.3, 0.4) is 0 Å². The van der Waals surface area contributed by atoms with E-state index in [-0.39, 0.29) is 0 Å². The van der Waals surface area contributed by atoms with Gasteiger partial charge in [-0.2, -0.15) is 0 Å². The summed E-state index contributed by atoms with van der Waals surface area (Å²) in [6.07, 6.45) is 6.51. The van der Waals surface area contributed by atoms with Gasteiger partial charge in [-0.3, -0.25) is 0 Å². The first-order valence-corrected chi connectivity index (χ1v) is 11.3. The average molecular weight is 375 g/mol. The van der Waals surface area contributed by atoms with Gasteiger partial charge in [0.25, 0.3) is 0 Å². The molecule has 0 aliphatic carbocycles. The Morgan fingerprint density at radius 2 is 0.885 bits per heavy atom. The molecule has 0 nitrogen and oxygen atoms in total. The fraction of sp³-hybridized carbons (Fsp3) is 0.167. The Kier molecular flexibility index (Phi) is 5.23. The molecule has 0 radical (unpaired) electrons. The van der Waals surface area contributed by atoms with Crippen molar-refractivity contribution < 1.29 is 0 Å². The molecule has 4 aromatic rings. The van der Waals surface area contributed by atoms with Crippen molar-refractivity contribution in [3.8, 4) is 0 Å². The number of thioether (sulfide) groups is 2. The monoisotopic (exact) mass is 374 g/mol. The van der Waals surface area contributed by atoms with Gasteiger partial charge in [-0.25, -0.2) is 0 Å². The molecule has 0 amide bonds. The molecule has 130 valence electrons. The van der Waals surface area contributed by atoms with Crippen LogP contribution in [0.25, 0.3) is 21.5 Å². The average Bonchev–Trinajstić information content (AvgIpc) is 2.70. The minimum Gasteiger partial charge on any atom is -0.129 e. The van der Waals surface area contributed by atoms with Crippen LogP contribution in [0.5, 0.6) is 0 Å². The first kappa shape index (κ1) is 17.5. The van der Waals surface area contributed by atoms with Crippen molar-refractivity contribution in [2.45, 2.75) is 22.6 Å². The molecule has 0 atom stereocenters. The number of hydrogen-bond donors (Lipinski definition) is 0. The molecule has 0 aliphatic heterocycles. The third-order valence-electron chi connectivity index (χ3n) is 4.96. The summed E-state index contributed by atoms with van der Waals surface area (Å²) in [7, 11) is 0. The van der Waals surface area contributed by atoms with E-state index < -0.39 is 0 Å². The van der Waals surface area contributed by atoms with Crippen LogP contribution < -0.4 is 0 Å². The van der Waals surface area contributed by atoms with Gasteiger partial charge in [0.1, 0.15) is 0 Å². The molecule has 0 spiro atoms. The SMILES string of the molecule is CSc1cc2ccccc2cc1CCc1cc2ccccc2cc1SC. The van der Waals surface area contributed by atoms with Gasteiger partial charge in [0.2, 0.25) is 0 Å². The zero-order valence-electron chi connectivity index (χ0n) is 15.2. The van der Waals surface area contributed by atoms with Crippen molar-refractivity contribution in [2.75, 3.05) is 12.5 Å². The molecule has 0 fully saturated rings. The van der Waals surface area contributed by atoms with E-state index in [1.54, 1.807) is 0 Å². The zero-order chi connectivity index (χ0) is 17.9. The number of benzene rings is 4. The van der Waals surface area contributed by atoms with E-state index in [1.165, 1.54) is 42.5 Å². The minimum atomic E-state index is 1.08. The summed E-state index contributed by atoms with van der Waals surface area (Å²) in [6, 6.07) is 26.7. The van der Waals surface area contributed by atoms with E-state index in [0.717, 1.165) is 12.8 Å². The van der Waals surface area contributed by atoms with Gasteiger partial charge in [-0.1, -0.05) is 60.7 Å². The van der Waals surface area contributed by atoms with Gasteiger partial charge >= 0.3 is 0 Å². The Morgan fingerprint density at radius 3 is 1.23 bits per heavy atom. The second-order valence-electron chi connectivity index (χ2n) is 6.52. The fourth-order valence-corrected chi connectivity index (χ4v) is 4.91. The lowest BCUT2D eigenvalue weighted by Gasteiger charge is -2.13. The van der Waals surface area contributed by atoms with E-state index in [2.05, 4.69) is 85.3 Å². The molecule has 0 saturated heterocycles. The maximum absolute atomic E-state index is 2.38. The summed E-state index contributed by atoms with van der Waals surface area (Å²) in [6.45, 7) is 0. The molecule has 2 heteroatoms. The third kappa shape index (κ3) is 3.49. The Hall–Kier alpha value is -1.90. The van der Waals surface area contributed by atoms with Gasteiger partial charge in [0.15, 0.2) is 0 Å². The van der Waals surface area contributed by atoms with Crippen LogP contribution in [0.1, 0.15) is 11.1 Å². The Balaban J connectivity index is 1.68. The smallest absolute Gasteiger partial charge is 0.0108 e. The lowest BCUT2D eigenvalue weighted by atomic mass is 9.99. The summed E-state index contributed by atoms with van der Waals surface area (Å²) in [4.78, 5) is 2.80. The van der Waals surface area contributed by atoms with Crippen LogP contribution in [0, 0.1) is 0 Å². The topological polar surface area (TPSA) is 0 Å². The van der Waals surface area contributed by atoms with Gasteiger partial charge in [-0.15, -0.1) is 23.5 Å². The van der Waals surface area contributed by atoms with Crippen molar-refractivity contribution in [2.24, 2.45) is 0 Å². The molecule has 4 aromatic carbocycles. The van der Waals surface area contributed by atoms with Crippen molar-refractivity contribution in [3.63, 3.8) is 0 Å². The van der Waals surface area contributed by atoms with E-state index in [9.17, 15) is 0 Å². The highest BCUT2D eigenvalue weighted by atomic mass is 32.2. The molecule has 0 aliphatic rings. The van der Waals surface area contributed by atoms with Crippen LogP contribution >= 0.6 is 23.5 Å². The Labute approximate surface area is 164 Å². The van der Waals surface area contributed by atoms with Gasteiger partial charge in [0, 0.05) is 9.79 Å². The van der Waals surface area contributed by atoms with Gasteiger partial charge in [0.05, 0.1) is 0 Å². The highest BCUT2D eigenvalue weighted by Gasteiger charge is 2.08. The molecule has 0 aromatic heterocycles. The van der Waals surface area contributed by atoms with Gasteiger partial charge in [-0.05, 0) is 70.2 Å². The molecule has 4 rings (SSSR count). The summed E-state index contributed by atoms with van der Waals surface area (Å²) in [5, 5.41) is 5.33. The van der Waals surface area contributed by atoms with E-state index in [4.69, 9.17) is 0 Å². The van der Waals surface area contributed by atoms with Crippen LogP contribution in [0.15, 0.2) is 82.6 Å². The highest BCUT2D eigenvalue weighted by Crippen LogP contribution is 2.31. The maximum Gasteiger partial charge on any atom is 0.0108 e. The third-order valence-corrected chi connectivity index (χ3v) is 6.60. The number of rotatable bonds is 5.